The molecule has 0 bridgehead atoms. The van der Waals surface area contributed by atoms with Gasteiger partial charge in [-0.25, -0.2) is 4.98 Å². The van der Waals surface area contributed by atoms with Crippen molar-refractivity contribution in [2.75, 3.05) is 13.7 Å². The van der Waals surface area contributed by atoms with Gasteiger partial charge < -0.3 is 14.8 Å². The third-order valence-corrected chi connectivity index (χ3v) is 5.07. The molecule has 0 unspecified atom stereocenters. The molecule has 0 atom stereocenters. The second-order valence-corrected chi connectivity index (χ2v) is 7.07. The van der Waals surface area contributed by atoms with E-state index in [1.807, 2.05) is 36.4 Å². The van der Waals surface area contributed by atoms with E-state index in [2.05, 4.69) is 28.9 Å². The average Bonchev–Trinajstić information content (AvgIpc) is 3.21. The van der Waals surface area contributed by atoms with Gasteiger partial charge in [0.1, 0.15) is 5.01 Å². The maximum atomic E-state index is 8.62. The third kappa shape index (κ3) is 5.56. The van der Waals surface area contributed by atoms with Crippen LogP contribution in [0.4, 0.5) is 0 Å². The summed E-state index contributed by atoms with van der Waals surface area (Å²) in [4.78, 5) is 4.70. The fourth-order valence-electron chi connectivity index (χ4n) is 2.71. The van der Waals surface area contributed by atoms with Crippen molar-refractivity contribution >= 4 is 11.3 Å². The number of hydrogen-bond donors (Lipinski definition) is 1. The first-order chi connectivity index (χ1) is 13.8. The van der Waals surface area contributed by atoms with Gasteiger partial charge in [0.2, 0.25) is 0 Å². The Bertz CT molecular complexity index is 919. The van der Waals surface area contributed by atoms with Crippen LogP contribution in [0.2, 0.25) is 0 Å². The Balaban J connectivity index is 1.54. The molecule has 6 heteroatoms. The lowest BCUT2D eigenvalue weighted by Gasteiger charge is -2.12. The minimum absolute atomic E-state index is 0.488. The van der Waals surface area contributed by atoms with Crippen LogP contribution in [0.1, 0.15) is 24.1 Å². The second-order valence-electron chi connectivity index (χ2n) is 6.21. The van der Waals surface area contributed by atoms with Crippen LogP contribution in [0.15, 0.2) is 53.9 Å². The Morgan fingerprint density at radius 2 is 1.96 bits per heavy atom. The molecule has 1 N–H and O–H groups in total. The minimum Gasteiger partial charge on any atom is -0.493 e. The van der Waals surface area contributed by atoms with Crippen LogP contribution in [0, 0.1) is 11.3 Å². The van der Waals surface area contributed by atoms with Crippen molar-refractivity contribution < 1.29 is 9.47 Å². The normalized spacial score (nSPS) is 10.4. The van der Waals surface area contributed by atoms with Gasteiger partial charge in [-0.15, -0.1) is 11.3 Å². The number of unbranched alkanes of at least 4 members (excludes halogenated alkanes) is 1. The predicted octanol–water partition coefficient (Wildman–Crippen LogP) is 4.79. The van der Waals surface area contributed by atoms with Crippen molar-refractivity contribution in [3.63, 3.8) is 0 Å². The number of nitrogens with one attached hydrogen (secondary N) is 1. The molecular weight excluding hydrogens is 370 g/mol. The largest absolute Gasteiger partial charge is 0.493 e. The Morgan fingerprint density at radius 1 is 1.11 bits per heavy atom. The lowest BCUT2D eigenvalue weighted by molar-refractivity contribution is 0.290. The Kier molecular flexibility index (Phi) is 7.42. The highest BCUT2D eigenvalue weighted by atomic mass is 32.1. The van der Waals surface area contributed by atoms with Crippen molar-refractivity contribution in [3.8, 4) is 28.1 Å². The molecule has 1 heterocycles. The van der Waals surface area contributed by atoms with Gasteiger partial charge in [-0.1, -0.05) is 36.4 Å². The highest BCUT2D eigenvalue weighted by Gasteiger charge is 2.07. The highest BCUT2D eigenvalue weighted by Crippen LogP contribution is 2.28. The van der Waals surface area contributed by atoms with Crippen LogP contribution in [0.5, 0.6) is 11.5 Å². The van der Waals surface area contributed by atoms with Crippen molar-refractivity contribution in [2.24, 2.45) is 0 Å². The van der Waals surface area contributed by atoms with E-state index in [-0.39, 0.29) is 0 Å². The van der Waals surface area contributed by atoms with Crippen LogP contribution >= 0.6 is 11.3 Å². The molecule has 1 aromatic heterocycles. The summed E-state index contributed by atoms with van der Waals surface area (Å²) < 4.78 is 11.1. The monoisotopic (exact) mass is 393 g/mol. The standard InChI is InChI=1S/C22H23N3O2S/c1-26-20-10-9-17(13-21(20)27-12-6-5-11-23)14-24-15-19-16-28-22(25-19)18-7-3-2-4-8-18/h2-4,7-10,13,16,24H,5-6,12,14-15H2,1H3. The molecule has 0 fully saturated rings. The number of methoxy groups -OCH3 is 1. The lowest BCUT2D eigenvalue weighted by Crippen LogP contribution is -2.13. The van der Waals surface area contributed by atoms with Gasteiger partial charge in [-0.3, -0.25) is 0 Å². The number of nitrogens with zero attached hydrogens (tertiary/aromatic N) is 2. The fourth-order valence-corrected chi connectivity index (χ4v) is 3.54. The predicted molar refractivity (Wildman–Crippen MR) is 111 cm³/mol. The molecule has 144 valence electrons. The van der Waals surface area contributed by atoms with Crippen molar-refractivity contribution in [1.29, 1.82) is 5.26 Å². The maximum Gasteiger partial charge on any atom is 0.161 e. The first-order valence-corrected chi connectivity index (χ1v) is 10.1. The Hall–Kier alpha value is -2.88. The first kappa shape index (κ1) is 19.9. The fraction of sp³-hybridized carbons (Fsp3) is 0.273. The summed E-state index contributed by atoms with van der Waals surface area (Å²) in [6, 6.07) is 18.2. The van der Waals surface area contributed by atoms with E-state index in [9.17, 15) is 0 Å². The molecule has 0 aliphatic heterocycles. The summed E-state index contributed by atoms with van der Waals surface area (Å²) in [7, 11) is 1.63. The summed E-state index contributed by atoms with van der Waals surface area (Å²) in [5.41, 5.74) is 3.28. The van der Waals surface area contributed by atoms with Gasteiger partial charge in [0, 0.05) is 30.5 Å². The first-order valence-electron chi connectivity index (χ1n) is 9.17. The second kappa shape index (κ2) is 10.5. The molecule has 0 saturated heterocycles. The number of hydrogen-bond acceptors (Lipinski definition) is 6. The summed E-state index contributed by atoms with van der Waals surface area (Å²) in [5.74, 6) is 1.41. The third-order valence-electron chi connectivity index (χ3n) is 4.13. The molecule has 28 heavy (non-hydrogen) atoms. The van der Waals surface area contributed by atoms with E-state index in [0.717, 1.165) is 21.8 Å². The van der Waals surface area contributed by atoms with Gasteiger partial charge in [0.05, 0.1) is 25.5 Å². The van der Waals surface area contributed by atoms with Gasteiger partial charge in [-0.2, -0.15) is 5.26 Å². The number of aromatic nitrogens is 1. The zero-order valence-corrected chi connectivity index (χ0v) is 16.7. The molecular formula is C22H23N3O2S. The quantitative estimate of drug-likeness (QED) is 0.502. The average molecular weight is 394 g/mol. The molecule has 0 aliphatic rings. The van der Waals surface area contributed by atoms with E-state index in [0.29, 0.717) is 44.0 Å². The molecule has 3 rings (SSSR count). The van der Waals surface area contributed by atoms with Crippen LogP contribution < -0.4 is 14.8 Å². The van der Waals surface area contributed by atoms with E-state index in [1.165, 1.54) is 0 Å². The molecule has 0 aliphatic carbocycles. The molecule has 0 spiro atoms. The maximum absolute atomic E-state index is 8.62. The van der Waals surface area contributed by atoms with E-state index in [1.54, 1.807) is 18.4 Å². The van der Waals surface area contributed by atoms with Crippen molar-refractivity contribution in [1.82, 2.24) is 10.3 Å². The minimum atomic E-state index is 0.488. The molecule has 0 saturated carbocycles. The highest BCUT2D eigenvalue weighted by molar-refractivity contribution is 7.13. The zero-order chi connectivity index (χ0) is 19.6. The number of benzene rings is 2. The summed E-state index contributed by atoms with van der Waals surface area (Å²) in [5, 5.41) is 15.2. The Morgan fingerprint density at radius 3 is 2.75 bits per heavy atom. The van der Waals surface area contributed by atoms with E-state index in [4.69, 9.17) is 19.7 Å². The number of ether oxygens (including phenoxy) is 2. The van der Waals surface area contributed by atoms with Crippen LogP contribution in [-0.2, 0) is 13.1 Å². The molecule has 0 radical (unpaired) electrons. The van der Waals surface area contributed by atoms with Gasteiger partial charge in [0.15, 0.2) is 11.5 Å². The lowest BCUT2D eigenvalue weighted by atomic mass is 10.2. The SMILES string of the molecule is COc1ccc(CNCc2csc(-c3ccccc3)n2)cc1OCCCC#N. The van der Waals surface area contributed by atoms with Crippen LogP contribution in [0.3, 0.4) is 0 Å². The van der Waals surface area contributed by atoms with Crippen LogP contribution in [-0.4, -0.2) is 18.7 Å². The van der Waals surface area contributed by atoms with E-state index < -0.39 is 0 Å². The van der Waals surface area contributed by atoms with Crippen molar-refractivity contribution in [2.45, 2.75) is 25.9 Å². The van der Waals surface area contributed by atoms with E-state index >= 15 is 0 Å². The molecule has 2 aromatic carbocycles. The zero-order valence-electron chi connectivity index (χ0n) is 15.9. The Labute approximate surface area is 169 Å². The summed E-state index contributed by atoms with van der Waals surface area (Å²) >= 11 is 1.66. The van der Waals surface area contributed by atoms with Crippen molar-refractivity contribution in [3.05, 3.63) is 65.2 Å². The molecule has 0 amide bonds. The summed E-state index contributed by atoms with van der Waals surface area (Å²) in [6.45, 7) is 1.91. The summed E-state index contributed by atoms with van der Waals surface area (Å²) in [6.07, 6.45) is 1.19. The number of nitriles is 1. The molecule has 5 nitrogen and oxygen atoms in total. The topological polar surface area (TPSA) is 67.2 Å². The van der Waals surface area contributed by atoms with Gasteiger partial charge in [-0.05, 0) is 24.1 Å². The number of thiazole rings is 1. The van der Waals surface area contributed by atoms with Gasteiger partial charge in [0.25, 0.3) is 0 Å². The molecule has 3 aromatic rings. The smallest absolute Gasteiger partial charge is 0.161 e. The van der Waals surface area contributed by atoms with Crippen LogP contribution in [0.25, 0.3) is 10.6 Å². The van der Waals surface area contributed by atoms with Gasteiger partial charge >= 0.3 is 0 Å². The number of rotatable bonds is 10.